The van der Waals surface area contributed by atoms with Crippen LogP contribution in [0.4, 0.5) is 5.69 Å². The molecule has 0 bridgehead atoms. The van der Waals surface area contributed by atoms with E-state index in [1.165, 1.54) is 31.3 Å². The summed E-state index contributed by atoms with van der Waals surface area (Å²) < 4.78 is 16.2. The van der Waals surface area contributed by atoms with E-state index in [9.17, 15) is 14.7 Å². The number of amides is 1. The van der Waals surface area contributed by atoms with Crippen LogP contribution in [0.15, 0.2) is 72.3 Å². The van der Waals surface area contributed by atoms with Crippen molar-refractivity contribution in [2.24, 2.45) is 0 Å². The van der Waals surface area contributed by atoms with Crippen LogP contribution >= 0.6 is 11.6 Å². The molecule has 180 valence electrons. The predicted molar refractivity (Wildman–Crippen MR) is 133 cm³/mol. The number of ether oxygens (including phenoxy) is 3. The molecule has 1 unspecified atom stereocenters. The van der Waals surface area contributed by atoms with Gasteiger partial charge in [-0.3, -0.25) is 14.5 Å². The number of nitrogens with zero attached hydrogens (tertiary/aromatic N) is 1. The second-order valence-electron chi connectivity index (χ2n) is 7.70. The van der Waals surface area contributed by atoms with Gasteiger partial charge in [0.05, 0.1) is 43.0 Å². The van der Waals surface area contributed by atoms with Gasteiger partial charge in [-0.05, 0) is 30.7 Å². The van der Waals surface area contributed by atoms with Gasteiger partial charge < -0.3 is 19.3 Å². The lowest BCUT2D eigenvalue weighted by Gasteiger charge is -2.26. The van der Waals surface area contributed by atoms with Crippen molar-refractivity contribution in [3.63, 3.8) is 0 Å². The Morgan fingerprint density at radius 3 is 2.34 bits per heavy atom. The Labute approximate surface area is 208 Å². The van der Waals surface area contributed by atoms with E-state index in [2.05, 4.69) is 0 Å². The molecule has 1 heterocycles. The Morgan fingerprint density at radius 2 is 1.69 bits per heavy atom. The van der Waals surface area contributed by atoms with Crippen LogP contribution in [-0.4, -0.2) is 37.6 Å². The number of Topliss-reactive ketones (excluding diaryl/α,β-unsaturated/α-hetero) is 1. The minimum Gasteiger partial charge on any atom is -0.507 e. The number of benzene rings is 3. The van der Waals surface area contributed by atoms with Gasteiger partial charge in [0, 0.05) is 17.8 Å². The quantitative estimate of drug-likeness (QED) is 0.270. The summed E-state index contributed by atoms with van der Waals surface area (Å²) in [5.41, 5.74) is 1.20. The molecule has 1 amide bonds. The fraction of sp³-hybridized carbons (Fsp3) is 0.185. The zero-order valence-electron chi connectivity index (χ0n) is 19.4. The molecule has 1 fully saturated rings. The van der Waals surface area contributed by atoms with Gasteiger partial charge in [-0.2, -0.15) is 0 Å². The maximum Gasteiger partial charge on any atom is 0.300 e. The zero-order valence-corrected chi connectivity index (χ0v) is 20.2. The van der Waals surface area contributed by atoms with Gasteiger partial charge in [-0.25, -0.2) is 0 Å². The number of rotatable bonds is 7. The van der Waals surface area contributed by atoms with Crippen molar-refractivity contribution in [3.8, 4) is 17.2 Å². The highest BCUT2D eigenvalue weighted by atomic mass is 35.5. The van der Waals surface area contributed by atoms with E-state index in [1.54, 1.807) is 48.5 Å². The van der Waals surface area contributed by atoms with Crippen molar-refractivity contribution < 1.29 is 28.9 Å². The zero-order chi connectivity index (χ0) is 25.1. The molecule has 1 saturated heterocycles. The maximum atomic E-state index is 13.4. The molecule has 3 aromatic carbocycles. The average Bonchev–Trinajstić information content (AvgIpc) is 3.14. The van der Waals surface area contributed by atoms with Gasteiger partial charge in [0.25, 0.3) is 11.7 Å². The maximum absolute atomic E-state index is 13.4. The lowest BCUT2D eigenvalue weighted by molar-refractivity contribution is -0.132. The Balaban J connectivity index is 1.95. The molecule has 0 aliphatic carbocycles. The number of ketones is 1. The lowest BCUT2D eigenvalue weighted by atomic mass is 9.94. The van der Waals surface area contributed by atoms with E-state index >= 15 is 0 Å². The third kappa shape index (κ3) is 4.42. The molecule has 0 radical (unpaired) electrons. The van der Waals surface area contributed by atoms with Crippen LogP contribution in [0.3, 0.4) is 0 Å². The molecule has 1 aliphatic rings. The number of methoxy groups -OCH3 is 2. The number of carbonyl (C=O) groups excluding carboxylic acids is 2. The van der Waals surface area contributed by atoms with Gasteiger partial charge in [0.2, 0.25) is 0 Å². The Kier molecular flexibility index (Phi) is 6.98. The fourth-order valence-corrected chi connectivity index (χ4v) is 4.37. The monoisotopic (exact) mass is 493 g/mol. The number of aliphatic hydroxyl groups excluding tert-OH is 1. The average molecular weight is 494 g/mol. The molecule has 3 aromatic rings. The van der Waals surface area contributed by atoms with E-state index in [-0.39, 0.29) is 21.9 Å². The largest absolute Gasteiger partial charge is 0.507 e. The Bertz CT molecular complexity index is 1300. The summed E-state index contributed by atoms with van der Waals surface area (Å²) >= 11 is 6.31. The number of anilines is 1. The van der Waals surface area contributed by atoms with E-state index in [0.29, 0.717) is 29.4 Å². The summed E-state index contributed by atoms with van der Waals surface area (Å²) in [5, 5.41) is 11.6. The third-order valence-corrected chi connectivity index (χ3v) is 5.99. The van der Waals surface area contributed by atoms with Gasteiger partial charge >= 0.3 is 0 Å². The van der Waals surface area contributed by atoms with Crippen LogP contribution in [0.5, 0.6) is 17.2 Å². The normalized spacial score (nSPS) is 16.9. The molecule has 0 aromatic heterocycles. The van der Waals surface area contributed by atoms with Crippen molar-refractivity contribution in [2.45, 2.75) is 13.0 Å². The van der Waals surface area contributed by atoms with Crippen molar-refractivity contribution in [2.75, 3.05) is 25.7 Å². The highest BCUT2D eigenvalue weighted by molar-refractivity contribution is 6.51. The topological polar surface area (TPSA) is 85.3 Å². The smallest absolute Gasteiger partial charge is 0.300 e. The summed E-state index contributed by atoms with van der Waals surface area (Å²) in [5.74, 6) is -0.864. The first kappa shape index (κ1) is 24.2. The highest BCUT2D eigenvalue weighted by Crippen LogP contribution is 2.45. The minimum absolute atomic E-state index is 0.0810. The van der Waals surface area contributed by atoms with Crippen molar-refractivity contribution in [1.29, 1.82) is 0 Å². The highest BCUT2D eigenvalue weighted by Gasteiger charge is 2.47. The van der Waals surface area contributed by atoms with Crippen LogP contribution < -0.4 is 19.1 Å². The number of aliphatic hydroxyl groups is 1. The standard InChI is InChI=1S/C27H24ClNO6/c1-4-35-18-12-8-11-17(13-18)29-24(16-9-6-5-7-10-16)23(26(31)27(29)32)25(30)19-14-20(28)22(34-3)15-21(19)33-2/h5-15,24,30H,4H2,1-3H3/b25-23+. The van der Waals surface area contributed by atoms with E-state index in [1.807, 2.05) is 13.0 Å². The number of hydrogen-bond acceptors (Lipinski definition) is 6. The second kappa shape index (κ2) is 10.1. The minimum atomic E-state index is -0.890. The summed E-state index contributed by atoms with van der Waals surface area (Å²) in [6, 6.07) is 18.0. The van der Waals surface area contributed by atoms with Crippen molar-refractivity contribution in [1.82, 2.24) is 0 Å². The van der Waals surface area contributed by atoms with Crippen molar-refractivity contribution in [3.05, 3.63) is 88.5 Å². The number of halogens is 1. The molecular formula is C27H24ClNO6. The van der Waals surface area contributed by atoms with Gasteiger partial charge in [-0.1, -0.05) is 48.0 Å². The summed E-state index contributed by atoms with van der Waals surface area (Å²) in [7, 11) is 2.88. The Hall–Kier alpha value is -3.97. The lowest BCUT2D eigenvalue weighted by Crippen LogP contribution is -2.29. The SMILES string of the molecule is CCOc1cccc(N2C(=O)C(=O)/C(=C(/O)c3cc(Cl)c(OC)cc3OC)C2c2ccccc2)c1. The molecule has 1 aliphatic heterocycles. The molecule has 0 spiro atoms. The summed E-state index contributed by atoms with van der Waals surface area (Å²) in [6.07, 6.45) is 0. The summed E-state index contributed by atoms with van der Waals surface area (Å²) in [4.78, 5) is 28.1. The molecule has 0 saturated carbocycles. The molecule has 1 N–H and O–H groups in total. The van der Waals surface area contributed by atoms with Gasteiger partial charge in [0.1, 0.15) is 23.0 Å². The first-order valence-corrected chi connectivity index (χ1v) is 11.3. The van der Waals surface area contributed by atoms with Gasteiger partial charge in [0.15, 0.2) is 0 Å². The number of carbonyl (C=O) groups is 2. The second-order valence-corrected chi connectivity index (χ2v) is 8.10. The molecular weight excluding hydrogens is 470 g/mol. The van der Waals surface area contributed by atoms with Gasteiger partial charge in [-0.15, -0.1) is 0 Å². The molecule has 7 nitrogen and oxygen atoms in total. The first-order valence-electron chi connectivity index (χ1n) is 10.9. The van der Waals surface area contributed by atoms with E-state index in [0.717, 1.165) is 0 Å². The van der Waals surface area contributed by atoms with E-state index < -0.39 is 23.5 Å². The first-order chi connectivity index (χ1) is 16.9. The van der Waals surface area contributed by atoms with Crippen LogP contribution in [0.2, 0.25) is 5.02 Å². The van der Waals surface area contributed by atoms with Crippen LogP contribution in [-0.2, 0) is 9.59 Å². The molecule has 8 heteroatoms. The van der Waals surface area contributed by atoms with Crippen LogP contribution in [0, 0.1) is 0 Å². The molecule has 4 rings (SSSR count). The van der Waals surface area contributed by atoms with Crippen LogP contribution in [0.1, 0.15) is 24.1 Å². The molecule has 35 heavy (non-hydrogen) atoms. The third-order valence-electron chi connectivity index (χ3n) is 5.70. The van der Waals surface area contributed by atoms with Crippen molar-refractivity contribution >= 4 is 34.7 Å². The summed E-state index contributed by atoms with van der Waals surface area (Å²) in [6.45, 7) is 2.30. The Morgan fingerprint density at radius 1 is 0.971 bits per heavy atom. The fourth-order valence-electron chi connectivity index (χ4n) is 4.13. The van der Waals surface area contributed by atoms with Crippen LogP contribution in [0.25, 0.3) is 5.76 Å². The molecule has 1 atom stereocenters. The number of hydrogen-bond donors (Lipinski definition) is 1. The predicted octanol–water partition coefficient (Wildman–Crippen LogP) is 5.38. The van der Waals surface area contributed by atoms with E-state index in [4.69, 9.17) is 25.8 Å².